The van der Waals surface area contributed by atoms with Gasteiger partial charge in [0.05, 0.1) is 22.6 Å². The van der Waals surface area contributed by atoms with Gasteiger partial charge in [-0.1, -0.05) is 30.0 Å². The molecule has 2 N–H and O–H groups in total. The molecule has 0 unspecified atom stereocenters. The third-order valence-corrected chi connectivity index (χ3v) is 4.88. The standard InChI is InChI=1S/C15H17N5O2S2/c1-3-12-17-15(20-19-12)23-8-13(21)18-14-16-10-6-5-9(22-4-2)7-11(10)24-14/h5-7H,3-4,8H2,1-2H3,(H,16,18,21)(H,17,19,20). The number of carbonyl (C=O) groups excluding carboxylic acids is 1. The van der Waals surface area contributed by atoms with Crippen molar-refractivity contribution in [2.24, 2.45) is 0 Å². The molecule has 2 aromatic heterocycles. The van der Waals surface area contributed by atoms with E-state index >= 15 is 0 Å². The van der Waals surface area contributed by atoms with Crippen molar-refractivity contribution in [1.29, 1.82) is 0 Å². The van der Waals surface area contributed by atoms with Crippen LogP contribution in [-0.4, -0.2) is 38.4 Å². The summed E-state index contributed by atoms with van der Waals surface area (Å²) in [6, 6.07) is 5.70. The number of H-pyrrole nitrogens is 1. The summed E-state index contributed by atoms with van der Waals surface area (Å²) in [4.78, 5) is 20.7. The Morgan fingerprint density at radius 3 is 3.00 bits per heavy atom. The third kappa shape index (κ3) is 4.04. The number of aromatic amines is 1. The number of nitrogens with zero attached hydrogens (tertiary/aromatic N) is 3. The van der Waals surface area contributed by atoms with Gasteiger partial charge in [0.25, 0.3) is 0 Å². The maximum absolute atomic E-state index is 12.1. The first-order chi connectivity index (χ1) is 11.7. The normalized spacial score (nSPS) is 10.9. The molecule has 7 nitrogen and oxygen atoms in total. The number of thioether (sulfide) groups is 1. The van der Waals surface area contributed by atoms with Crippen LogP contribution in [0.3, 0.4) is 0 Å². The van der Waals surface area contributed by atoms with Crippen molar-refractivity contribution in [3.8, 4) is 5.75 Å². The van der Waals surface area contributed by atoms with Crippen LogP contribution in [0.4, 0.5) is 5.13 Å². The molecular formula is C15H17N5O2S2. The van der Waals surface area contributed by atoms with E-state index < -0.39 is 0 Å². The molecule has 0 bridgehead atoms. The van der Waals surface area contributed by atoms with Gasteiger partial charge in [-0.15, -0.1) is 5.10 Å². The maximum Gasteiger partial charge on any atom is 0.236 e. The highest BCUT2D eigenvalue weighted by Gasteiger charge is 2.11. The summed E-state index contributed by atoms with van der Waals surface area (Å²) >= 11 is 2.72. The minimum absolute atomic E-state index is 0.132. The van der Waals surface area contributed by atoms with E-state index in [4.69, 9.17) is 4.74 Å². The lowest BCUT2D eigenvalue weighted by atomic mass is 10.3. The molecule has 0 saturated carbocycles. The smallest absolute Gasteiger partial charge is 0.236 e. The number of benzene rings is 1. The van der Waals surface area contributed by atoms with E-state index in [1.807, 2.05) is 32.0 Å². The van der Waals surface area contributed by atoms with Crippen LogP contribution in [0, 0.1) is 0 Å². The van der Waals surface area contributed by atoms with E-state index in [2.05, 4.69) is 25.5 Å². The van der Waals surface area contributed by atoms with Crippen LogP contribution in [0.1, 0.15) is 19.7 Å². The highest BCUT2D eigenvalue weighted by Crippen LogP contribution is 2.29. The molecule has 0 saturated heterocycles. The van der Waals surface area contributed by atoms with Gasteiger partial charge in [0.2, 0.25) is 11.1 Å². The third-order valence-electron chi connectivity index (χ3n) is 3.10. The number of anilines is 1. The number of aromatic nitrogens is 4. The van der Waals surface area contributed by atoms with Gasteiger partial charge in [-0.3, -0.25) is 9.89 Å². The molecule has 126 valence electrons. The van der Waals surface area contributed by atoms with Crippen LogP contribution >= 0.6 is 23.1 Å². The Labute approximate surface area is 147 Å². The summed E-state index contributed by atoms with van der Waals surface area (Å²) in [7, 11) is 0. The van der Waals surface area contributed by atoms with Gasteiger partial charge in [0.1, 0.15) is 11.6 Å². The molecule has 0 spiro atoms. The number of thiazole rings is 1. The van der Waals surface area contributed by atoms with E-state index in [9.17, 15) is 4.79 Å². The van der Waals surface area contributed by atoms with Crippen molar-refractivity contribution >= 4 is 44.4 Å². The van der Waals surface area contributed by atoms with Gasteiger partial charge in [0.15, 0.2) is 5.13 Å². The van der Waals surface area contributed by atoms with Crippen LogP contribution in [0.15, 0.2) is 23.4 Å². The van der Waals surface area contributed by atoms with Gasteiger partial charge >= 0.3 is 0 Å². The SMILES string of the molecule is CCOc1ccc2nc(NC(=O)CSc3n[nH]c(CC)n3)sc2c1. The Balaban J connectivity index is 1.60. The van der Waals surface area contributed by atoms with Gasteiger partial charge in [0, 0.05) is 6.42 Å². The highest BCUT2D eigenvalue weighted by molar-refractivity contribution is 7.99. The minimum Gasteiger partial charge on any atom is -0.494 e. The summed E-state index contributed by atoms with van der Waals surface area (Å²) in [6.07, 6.45) is 0.787. The summed E-state index contributed by atoms with van der Waals surface area (Å²) in [5, 5.41) is 10.8. The Bertz CT molecular complexity index is 845. The van der Waals surface area contributed by atoms with Gasteiger partial charge < -0.3 is 10.1 Å². The van der Waals surface area contributed by atoms with E-state index in [0.717, 1.165) is 28.2 Å². The first-order valence-electron chi connectivity index (χ1n) is 7.55. The predicted molar refractivity (Wildman–Crippen MR) is 95.9 cm³/mol. The average Bonchev–Trinajstić information content (AvgIpc) is 3.18. The summed E-state index contributed by atoms with van der Waals surface area (Å²) in [5.74, 6) is 1.72. The van der Waals surface area contributed by atoms with E-state index in [1.54, 1.807) is 0 Å². The van der Waals surface area contributed by atoms with Crippen molar-refractivity contribution in [2.75, 3.05) is 17.7 Å². The molecule has 0 aliphatic heterocycles. The molecule has 1 aromatic carbocycles. The Morgan fingerprint density at radius 2 is 2.25 bits per heavy atom. The van der Waals surface area contributed by atoms with Crippen molar-refractivity contribution in [2.45, 2.75) is 25.4 Å². The number of hydrogen-bond donors (Lipinski definition) is 2. The molecule has 0 radical (unpaired) electrons. The van der Waals surface area contributed by atoms with Crippen LogP contribution in [-0.2, 0) is 11.2 Å². The van der Waals surface area contributed by atoms with Gasteiger partial charge in [-0.2, -0.15) is 0 Å². The second-order valence-corrected chi connectivity index (χ2v) is 6.81. The fourth-order valence-electron chi connectivity index (χ4n) is 2.00. The summed E-state index contributed by atoms with van der Waals surface area (Å²) in [5.41, 5.74) is 0.841. The van der Waals surface area contributed by atoms with E-state index in [-0.39, 0.29) is 11.7 Å². The maximum atomic E-state index is 12.1. The second kappa shape index (κ2) is 7.63. The van der Waals surface area contributed by atoms with Crippen LogP contribution in [0.2, 0.25) is 0 Å². The molecule has 0 fully saturated rings. The molecule has 1 amide bonds. The molecule has 0 aliphatic rings. The monoisotopic (exact) mass is 363 g/mol. The molecule has 24 heavy (non-hydrogen) atoms. The highest BCUT2D eigenvalue weighted by atomic mass is 32.2. The number of rotatable bonds is 7. The van der Waals surface area contributed by atoms with Crippen LogP contribution in [0.5, 0.6) is 5.75 Å². The fourth-order valence-corrected chi connectivity index (χ4v) is 3.53. The summed E-state index contributed by atoms with van der Waals surface area (Å²) < 4.78 is 6.45. The first-order valence-corrected chi connectivity index (χ1v) is 9.35. The Kier molecular flexibility index (Phi) is 5.31. The molecule has 3 aromatic rings. The number of ether oxygens (including phenoxy) is 1. The molecule has 2 heterocycles. The number of nitrogens with one attached hydrogen (secondary N) is 2. The quantitative estimate of drug-likeness (QED) is 0.627. The lowest BCUT2D eigenvalue weighted by molar-refractivity contribution is -0.113. The second-order valence-electron chi connectivity index (χ2n) is 4.84. The number of hydrogen-bond acceptors (Lipinski definition) is 7. The Morgan fingerprint density at radius 1 is 1.38 bits per heavy atom. The lowest BCUT2D eigenvalue weighted by Gasteiger charge is -2.00. The van der Waals surface area contributed by atoms with E-state index in [1.165, 1.54) is 23.1 Å². The minimum atomic E-state index is -0.132. The van der Waals surface area contributed by atoms with Crippen LogP contribution in [0.25, 0.3) is 10.2 Å². The predicted octanol–water partition coefficient (Wildman–Crippen LogP) is 3.11. The van der Waals surface area contributed by atoms with Crippen molar-refractivity contribution in [3.63, 3.8) is 0 Å². The number of fused-ring (bicyclic) bond motifs is 1. The number of carbonyl (C=O) groups is 1. The van der Waals surface area contributed by atoms with Gasteiger partial charge in [-0.25, -0.2) is 9.97 Å². The zero-order valence-electron chi connectivity index (χ0n) is 13.3. The zero-order chi connectivity index (χ0) is 16.9. The molecule has 0 atom stereocenters. The average molecular weight is 363 g/mol. The Hall–Kier alpha value is -2.13. The van der Waals surface area contributed by atoms with Crippen molar-refractivity contribution < 1.29 is 9.53 Å². The molecule has 9 heteroatoms. The zero-order valence-corrected chi connectivity index (χ0v) is 15.0. The topological polar surface area (TPSA) is 92.8 Å². The largest absolute Gasteiger partial charge is 0.494 e. The van der Waals surface area contributed by atoms with Gasteiger partial charge in [-0.05, 0) is 25.1 Å². The number of aryl methyl sites for hydroxylation is 1. The number of amides is 1. The first kappa shape index (κ1) is 16.7. The molecule has 0 aliphatic carbocycles. The summed E-state index contributed by atoms with van der Waals surface area (Å²) in [6.45, 7) is 4.55. The van der Waals surface area contributed by atoms with Crippen LogP contribution < -0.4 is 10.1 Å². The lowest BCUT2D eigenvalue weighted by Crippen LogP contribution is -2.13. The fraction of sp³-hybridized carbons (Fsp3) is 0.333. The van der Waals surface area contributed by atoms with Crippen molar-refractivity contribution in [1.82, 2.24) is 20.2 Å². The molecular weight excluding hydrogens is 346 g/mol. The van der Waals surface area contributed by atoms with E-state index in [0.29, 0.717) is 16.9 Å². The molecule has 3 rings (SSSR count). The van der Waals surface area contributed by atoms with Crippen molar-refractivity contribution in [3.05, 3.63) is 24.0 Å².